The molecule has 1 N–H and O–H groups in total. The smallest absolute Gasteiger partial charge is 0.416 e. The highest BCUT2D eigenvalue weighted by Gasteiger charge is 2.43. The number of fused-ring (bicyclic) bond motifs is 5. The van der Waals surface area contributed by atoms with E-state index in [4.69, 9.17) is 65.4 Å². The molecule has 5 heterocycles. The monoisotopic (exact) mass is 1870 g/mol. The number of halogens is 8. The molecule has 0 aromatic heterocycles. The van der Waals surface area contributed by atoms with Crippen LogP contribution in [0.1, 0.15) is 194 Å². The Morgan fingerprint density at radius 3 is 1.07 bits per heavy atom. The van der Waals surface area contributed by atoms with Crippen LogP contribution in [0.25, 0.3) is 0 Å². The van der Waals surface area contributed by atoms with Crippen LogP contribution in [0.5, 0.6) is 28.7 Å². The van der Waals surface area contributed by atoms with Gasteiger partial charge in [-0.3, -0.25) is 62.8 Å². The summed E-state index contributed by atoms with van der Waals surface area (Å²) in [4.78, 5) is 126. The molecule has 130 heavy (non-hydrogen) atoms. The minimum Gasteiger partial charge on any atom is -1.00 e. The van der Waals surface area contributed by atoms with Crippen molar-refractivity contribution in [1.29, 1.82) is 0 Å². The number of amides is 9. The predicted octanol–water partition coefficient (Wildman–Crippen LogP) is 17.0. The van der Waals surface area contributed by atoms with E-state index in [2.05, 4.69) is 46.8 Å². The van der Waals surface area contributed by atoms with Gasteiger partial charge in [0.05, 0.1) is 116 Å². The Balaban J connectivity index is 0.000000169. The lowest BCUT2D eigenvalue weighted by Gasteiger charge is -2.23. The molecule has 5 aliphatic rings. The number of unbranched alkanes of at least 4 members (excludes halogenated alkanes) is 2. The summed E-state index contributed by atoms with van der Waals surface area (Å²) in [6.45, 7) is 22.4. The Labute approximate surface area is 781 Å². The predicted molar refractivity (Wildman–Crippen MR) is 493 cm³/mol. The number of hydrogen-bond donors (Lipinski definition) is 1. The van der Waals surface area contributed by atoms with Crippen LogP contribution in [-0.4, -0.2) is 187 Å². The van der Waals surface area contributed by atoms with Crippen molar-refractivity contribution in [3.63, 3.8) is 0 Å². The number of carbonyl (C=O) groups is 9. The van der Waals surface area contributed by atoms with Gasteiger partial charge in [-0.2, -0.15) is 13.2 Å². The molecule has 22 nitrogen and oxygen atoms in total. The number of imide groups is 4. The van der Waals surface area contributed by atoms with Crippen molar-refractivity contribution in [3.05, 3.63) is 313 Å². The molecule has 30 heteroatoms. The molecule has 10 aromatic carbocycles. The molecule has 15 rings (SSSR count). The summed E-state index contributed by atoms with van der Waals surface area (Å²) >= 11 is 24.2. The molecule has 10 aromatic rings. The number of aryl methyl sites for hydroxylation is 5. The maximum Gasteiger partial charge on any atom is 0.416 e. The van der Waals surface area contributed by atoms with Gasteiger partial charge in [-0.05, 0) is 215 Å². The fourth-order valence-electron chi connectivity index (χ4n) is 15.0. The van der Waals surface area contributed by atoms with E-state index >= 15 is 0 Å². The first-order valence-electron chi connectivity index (χ1n) is 42.3. The third kappa shape index (κ3) is 23.9. The number of ether oxygens (including phenoxy) is 4. The zero-order valence-corrected chi connectivity index (χ0v) is 78.5. The number of phenolic OH excluding ortho intramolecular Hbond substituents is 1. The molecule has 0 fully saturated rings. The van der Waals surface area contributed by atoms with Crippen LogP contribution in [0.15, 0.2) is 182 Å². The van der Waals surface area contributed by atoms with Crippen LogP contribution < -0.4 is 36.3 Å². The van der Waals surface area contributed by atoms with E-state index in [1.54, 1.807) is 109 Å². The Morgan fingerprint density at radius 1 is 0.400 bits per heavy atom. The standard InChI is InChI=1S/C22H25ClN2O3.C21H24ClN2O3.C21H22ClNO3.C20H21ClN2O3.C16H12F3NO2.ClH/c1-4-24(5-2)11-12-28-19-8-6-7-17-20(19)22(27)25(21(17)26)14-16-9-10-18(23)15(3)13-16;1-14-12-15(8-9-17(14)22)13-23-20(25)16-6-5-7-18(19(16)21(23)26)27-11-10-24(2,3)4;1-3-4-5-11-26-18-8-6-7-16-19(18)21(25)23(20(16)24)13-15-9-10-17(22)14(2)12-15;1-13-11-14(7-8-16(13)21)12-23-19(24)15-5-4-6-17(18(15)20(23)25)26-10-9-22(2)3;1-9-5-6-11(7-12(9)16(17,18)19)20-8-10-3-2-4-13(21)14(10)15(20)22;/h6-10,13H,4-5,11-12,14H2,1-3H3;5-9,12H,10-11,13H2,1-4H3;6-10,12H,3-5,11,13H2,1-2H3;4-8,11H,9-10,12H2,1-3H3;2-7,21H,8H2,1H3;1H/q;+1;;;;/p-1. The molecule has 0 bridgehead atoms. The number of alkyl halides is 3. The molecule has 0 spiro atoms. The highest BCUT2D eigenvalue weighted by atomic mass is 35.5. The molecule has 0 radical (unpaired) electrons. The zero-order chi connectivity index (χ0) is 93.6. The van der Waals surface area contributed by atoms with Crippen molar-refractivity contribution in [1.82, 2.24) is 29.4 Å². The summed E-state index contributed by atoms with van der Waals surface area (Å²) in [6.07, 6.45) is -1.38. The largest absolute Gasteiger partial charge is 1.00 e. The molecule has 0 aliphatic carbocycles. The van der Waals surface area contributed by atoms with E-state index in [1.165, 1.54) is 49.6 Å². The van der Waals surface area contributed by atoms with E-state index in [-0.39, 0.29) is 115 Å². The first-order chi connectivity index (χ1) is 61.3. The number of aromatic hydroxyl groups is 1. The van der Waals surface area contributed by atoms with Crippen molar-refractivity contribution < 1.29 is 97.3 Å². The highest BCUT2D eigenvalue weighted by Crippen LogP contribution is 2.41. The van der Waals surface area contributed by atoms with Gasteiger partial charge in [0, 0.05) is 38.9 Å². The van der Waals surface area contributed by atoms with Gasteiger partial charge in [-0.15, -0.1) is 0 Å². The maximum atomic E-state index is 13.0. The van der Waals surface area contributed by atoms with Crippen LogP contribution in [0, 0.1) is 34.6 Å². The van der Waals surface area contributed by atoms with Crippen molar-refractivity contribution >= 4 is 105 Å². The van der Waals surface area contributed by atoms with Gasteiger partial charge in [0.1, 0.15) is 55.1 Å². The van der Waals surface area contributed by atoms with E-state index in [0.717, 1.165) is 107 Å². The van der Waals surface area contributed by atoms with Crippen LogP contribution in [0.3, 0.4) is 0 Å². The third-order valence-electron chi connectivity index (χ3n) is 22.2. The average molecular weight is 1880 g/mol. The van der Waals surface area contributed by atoms with Gasteiger partial charge in [0.2, 0.25) is 0 Å². The number of quaternary nitrogens is 1. The molecule has 0 atom stereocenters. The first-order valence-corrected chi connectivity index (χ1v) is 43.8. The topological polar surface area (TPSA) is 233 Å². The Morgan fingerprint density at radius 2 is 0.746 bits per heavy atom. The van der Waals surface area contributed by atoms with Crippen molar-refractivity contribution in [2.24, 2.45) is 0 Å². The number of benzene rings is 10. The normalized spacial score (nSPS) is 13.6. The third-order valence-corrected chi connectivity index (χ3v) is 23.9. The second kappa shape index (κ2) is 44.3. The fraction of sp³-hybridized carbons (Fsp3) is 0.310. The molecule has 0 saturated carbocycles. The van der Waals surface area contributed by atoms with Gasteiger partial charge in [0.15, 0.2) is 0 Å². The number of likely N-dealkylation sites (N-methyl/N-ethyl adjacent to an activating group) is 3. The van der Waals surface area contributed by atoms with E-state index in [1.807, 2.05) is 95.2 Å². The number of phenols is 1. The second-order valence-electron chi connectivity index (χ2n) is 33.0. The minimum atomic E-state index is -4.47. The number of anilines is 1. The molecule has 0 unspecified atom stereocenters. The summed E-state index contributed by atoms with van der Waals surface area (Å²) in [5, 5.41) is 12.4. The van der Waals surface area contributed by atoms with Gasteiger partial charge in [0.25, 0.3) is 53.2 Å². The zero-order valence-electron chi connectivity index (χ0n) is 74.7. The molecule has 9 amide bonds. The van der Waals surface area contributed by atoms with Gasteiger partial charge >= 0.3 is 6.18 Å². The fourth-order valence-corrected chi connectivity index (χ4v) is 15.4. The van der Waals surface area contributed by atoms with Crippen LogP contribution in [-0.2, 0) is 38.9 Å². The summed E-state index contributed by atoms with van der Waals surface area (Å²) in [6, 6.07) is 51.2. The average Bonchev–Trinajstić information content (AvgIpc) is 1.64. The molecular formula is C100H104Cl5F3N8O14. The van der Waals surface area contributed by atoms with Crippen LogP contribution in [0.2, 0.25) is 20.1 Å². The number of hydrogen-bond acceptors (Lipinski definition) is 16. The molecule has 0 saturated heterocycles. The van der Waals surface area contributed by atoms with E-state index in [0.29, 0.717) is 120 Å². The number of carbonyl (C=O) groups excluding carboxylic acids is 9. The van der Waals surface area contributed by atoms with Gasteiger partial charge in [-0.1, -0.05) is 171 Å². The van der Waals surface area contributed by atoms with E-state index < -0.39 is 17.6 Å². The minimum absolute atomic E-state index is 0. The lowest BCUT2D eigenvalue weighted by Crippen LogP contribution is -3.00. The van der Waals surface area contributed by atoms with E-state index in [9.17, 15) is 61.4 Å². The quantitative estimate of drug-likeness (QED) is 0.0273. The summed E-state index contributed by atoms with van der Waals surface area (Å²) < 4.78 is 63.0. The number of rotatable bonds is 28. The second-order valence-corrected chi connectivity index (χ2v) is 34.6. The summed E-state index contributed by atoms with van der Waals surface area (Å²) in [5.74, 6) is -1.18. The highest BCUT2D eigenvalue weighted by molar-refractivity contribution is 6.33. The SMILES string of the molecule is CCCCCOc1cccc2c1C(=O)N(Cc1ccc(Cl)c(C)c1)C2=O.CCN(CC)CCOc1cccc2c1C(=O)N(Cc1ccc(Cl)c(C)c1)C2=O.Cc1cc(CN2C(=O)c3cccc(OCCN(C)C)c3C2=O)ccc1Cl.Cc1cc(CN2C(=O)c3cccc(OCC[N+](C)(C)C)c3C2=O)ccc1Cl.Cc1ccc(N2Cc3cccc(O)c3C2=O)cc1C(F)(F)F.[Cl-]. The lowest BCUT2D eigenvalue weighted by molar-refractivity contribution is -0.870. The first kappa shape index (κ1) is 100. The Hall–Kier alpha value is -11.7. The summed E-state index contributed by atoms with van der Waals surface area (Å²) in [7, 11) is 10.1. The van der Waals surface area contributed by atoms with Crippen LogP contribution >= 0.6 is 46.4 Å². The Bertz CT molecular complexity index is 5940. The van der Waals surface area contributed by atoms with Gasteiger partial charge < -0.3 is 55.6 Å². The van der Waals surface area contributed by atoms with Crippen molar-refractivity contribution in [2.45, 2.75) is 114 Å². The molecule has 684 valence electrons. The lowest BCUT2D eigenvalue weighted by atomic mass is 10.1. The van der Waals surface area contributed by atoms with Crippen molar-refractivity contribution in [3.8, 4) is 28.7 Å². The summed E-state index contributed by atoms with van der Waals surface area (Å²) in [5.41, 5.74) is 10.4. The Kier molecular flexibility index (Phi) is 34.3. The molecule has 5 aliphatic heterocycles. The molecular weight excluding hydrogens is 1770 g/mol. The number of nitrogens with zero attached hydrogens (tertiary/aromatic N) is 8. The van der Waals surface area contributed by atoms with Gasteiger partial charge in [-0.25, -0.2) is 0 Å². The van der Waals surface area contributed by atoms with Crippen LogP contribution in [0.4, 0.5) is 18.9 Å². The maximum absolute atomic E-state index is 13.0. The van der Waals surface area contributed by atoms with Crippen molar-refractivity contribution in [2.75, 3.05) is 99.3 Å².